The molecule has 2 heteroatoms. The van der Waals surface area contributed by atoms with Crippen LogP contribution in [-0.2, 0) is 4.74 Å². The summed E-state index contributed by atoms with van der Waals surface area (Å²) in [5.41, 5.74) is 0.258. The van der Waals surface area contributed by atoms with Crippen LogP contribution in [-0.4, -0.2) is 25.3 Å². The zero-order valence-corrected chi connectivity index (χ0v) is 10.9. The smallest absolute Gasteiger partial charge is 0.0698 e. The highest BCUT2D eigenvalue weighted by Gasteiger charge is 2.39. The van der Waals surface area contributed by atoms with Gasteiger partial charge in [-0.1, -0.05) is 6.92 Å². The molecule has 0 bridgehead atoms. The van der Waals surface area contributed by atoms with Crippen LogP contribution in [0.25, 0.3) is 0 Å². The van der Waals surface area contributed by atoms with Crippen LogP contribution in [0.5, 0.6) is 0 Å². The fraction of sp³-hybridized carbons (Fsp3) is 1.00. The number of rotatable bonds is 5. The average molecular weight is 225 g/mol. The highest BCUT2D eigenvalue weighted by molar-refractivity contribution is 4.91. The third kappa shape index (κ3) is 2.98. The Morgan fingerprint density at radius 2 is 1.88 bits per heavy atom. The fourth-order valence-electron chi connectivity index (χ4n) is 3.05. The lowest BCUT2D eigenvalue weighted by Gasteiger charge is -2.45. The summed E-state index contributed by atoms with van der Waals surface area (Å²) in [6.45, 7) is 3.47. The minimum absolute atomic E-state index is 0.258. The minimum atomic E-state index is 0.258. The van der Waals surface area contributed by atoms with Crippen molar-refractivity contribution < 1.29 is 4.74 Å². The van der Waals surface area contributed by atoms with E-state index in [1.165, 1.54) is 51.4 Å². The molecule has 0 aliphatic heterocycles. The van der Waals surface area contributed by atoms with Crippen LogP contribution in [0.2, 0.25) is 0 Å². The van der Waals surface area contributed by atoms with Crippen LogP contribution in [0, 0.1) is 5.92 Å². The zero-order chi connectivity index (χ0) is 11.4. The van der Waals surface area contributed by atoms with Gasteiger partial charge in [0.1, 0.15) is 0 Å². The van der Waals surface area contributed by atoms with Crippen molar-refractivity contribution in [1.29, 1.82) is 0 Å². The molecule has 2 nitrogen and oxygen atoms in total. The molecule has 0 aromatic carbocycles. The van der Waals surface area contributed by atoms with Crippen molar-refractivity contribution in [3.05, 3.63) is 0 Å². The molecular weight excluding hydrogens is 198 g/mol. The monoisotopic (exact) mass is 225 g/mol. The Morgan fingerprint density at radius 1 is 1.19 bits per heavy atom. The molecule has 2 fully saturated rings. The van der Waals surface area contributed by atoms with E-state index in [4.69, 9.17) is 4.74 Å². The first-order valence-corrected chi connectivity index (χ1v) is 7.06. The van der Waals surface area contributed by atoms with Crippen LogP contribution in [0.4, 0.5) is 0 Å². The number of ether oxygens (including phenoxy) is 1. The second-order valence-electron chi connectivity index (χ2n) is 5.89. The Kier molecular flexibility index (Phi) is 4.26. The molecule has 2 aliphatic carbocycles. The van der Waals surface area contributed by atoms with Crippen LogP contribution >= 0.6 is 0 Å². The summed E-state index contributed by atoms with van der Waals surface area (Å²) in [5, 5.41) is 3.26. The quantitative estimate of drug-likeness (QED) is 0.776. The Bertz CT molecular complexity index is 205. The second-order valence-corrected chi connectivity index (χ2v) is 5.89. The van der Waals surface area contributed by atoms with Gasteiger partial charge in [-0.2, -0.15) is 0 Å². The molecule has 2 rings (SSSR count). The number of nitrogens with one attached hydrogen (secondary N) is 1. The molecule has 0 aromatic heterocycles. The molecule has 0 spiro atoms. The topological polar surface area (TPSA) is 21.3 Å². The molecular formula is C14H27NO. The maximum Gasteiger partial charge on any atom is 0.0698 e. The van der Waals surface area contributed by atoms with E-state index < -0.39 is 0 Å². The molecule has 0 amide bonds. The van der Waals surface area contributed by atoms with Crippen molar-refractivity contribution in [2.75, 3.05) is 13.6 Å². The SMILES string of the molecule is CNCCC1(OC2CCC(C)CC2)CCC1. The lowest BCUT2D eigenvalue weighted by Crippen LogP contribution is -2.45. The Hall–Kier alpha value is -0.0800. The third-order valence-electron chi connectivity index (χ3n) is 4.47. The summed E-state index contributed by atoms with van der Waals surface area (Å²) in [5.74, 6) is 0.925. The van der Waals surface area contributed by atoms with Crippen molar-refractivity contribution in [1.82, 2.24) is 5.32 Å². The van der Waals surface area contributed by atoms with Crippen molar-refractivity contribution in [3.63, 3.8) is 0 Å². The molecule has 94 valence electrons. The van der Waals surface area contributed by atoms with Gasteiger partial charge in [0.2, 0.25) is 0 Å². The van der Waals surface area contributed by atoms with Crippen molar-refractivity contribution in [2.45, 2.75) is 70.0 Å². The first-order valence-electron chi connectivity index (χ1n) is 7.06. The maximum absolute atomic E-state index is 6.43. The van der Waals surface area contributed by atoms with Crippen LogP contribution in [0.1, 0.15) is 58.3 Å². The van der Waals surface area contributed by atoms with Gasteiger partial charge in [-0.15, -0.1) is 0 Å². The van der Waals surface area contributed by atoms with Gasteiger partial charge in [0.05, 0.1) is 11.7 Å². The summed E-state index contributed by atoms with van der Waals surface area (Å²) >= 11 is 0. The number of hydrogen-bond acceptors (Lipinski definition) is 2. The van der Waals surface area contributed by atoms with Gasteiger partial charge in [-0.05, 0) is 70.9 Å². The molecule has 0 atom stereocenters. The summed E-state index contributed by atoms with van der Waals surface area (Å²) in [6.07, 6.45) is 11.0. The van der Waals surface area contributed by atoms with Gasteiger partial charge in [-0.25, -0.2) is 0 Å². The van der Waals surface area contributed by atoms with E-state index in [0.717, 1.165) is 12.5 Å². The molecule has 0 heterocycles. The van der Waals surface area contributed by atoms with E-state index in [1.807, 2.05) is 7.05 Å². The predicted molar refractivity (Wildman–Crippen MR) is 67.6 cm³/mol. The second kappa shape index (κ2) is 5.50. The fourth-order valence-corrected chi connectivity index (χ4v) is 3.05. The molecule has 0 aromatic rings. The summed E-state index contributed by atoms with van der Waals surface area (Å²) in [7, 11) is 2.04. The normalized spacial score (nSPS) is 33.4. The highest BCUT2D eigenvalue weighted by Crippen LogP contribution is 2.41. The van der Waals surface area contributed by atoms with Gasteiger partial charge in [0.15, 0.2) is 0 Å². The van der Waals surface area contributed by atoms with Gasteiger partial charge in [-0.3, -0.25) is 0 Å². The molecule has 0 radical (unpaired) electrons. The van der Waals surface area contributed by atoms with Gasteiger partial charge in [0, 0.05) is 0 Å². The Labute approximate surface area is 100 Å². The summed E-state index contributed by atoms with van der Waals surface area (Å²) < 4.78 is 6.43. The van der Waals surface area contributed by atoms with Crippen molar-refractivity contribution in [2.24, 2.45) is 5.92 Å². The van der Waals surface area contributed by atoms with E-state index in [2.05, 4.69) is 12.2 Å². The molecule has 0 saturated heterocycles. The van der Waals surface area contributed by atoms with E-state index >= 15 is 0 Å². The predicted octanol–water partition coefficient (Wildman–Crippen LogP) is 3.11. The largest absolute Gasteiger partial charge is 0.372 e. The van der Waals surface area contributed by atoms with Gasteiger partial charge >= 0.3 is 0 Å². The van der Waals surface area contributed by atoms with Crippen molar-refractivity contribution >= 4 is 0 Å². The summed E-state index contributed by atoms with van der Waals surface area (Å²) in [6, 6.07) is 0. The Morgan fingerprint density at radius 3 is 2.38 bits per heavy atom. The van der Waals surface area contributed by atoms with Gasteiger partial charge < -0.3 is 10.1 Å². The first-order chi connectivity index (χ1) is 7.74. The third-order valence-corrected chi connectivity index (χ3v) is 4.47. The van der Waals surface area contributed by atoms with E-state index in [9.17, 15) is 0 Å². The molecule has 16 heavy (non-hydrogen) atoms. The van der Waals surface area contributed by atoms with Crippen LogP contribution in [0.3, 0.4) is 0 Å². The summed E-state index contributed by atoms with van der Waals surface area (Å²) in [4.78, 5) is 0. The molecule has 2 saturated carbocycles. The van der Waals surface area contributed by atoms with Gasteiger partial charge in [0.25, 0.3) is 0 Å². The minimum Gasteiger partial charge on any atom is -0.372 e. The van der Waals surface area contributed by atoms with Crippen LogP contribution in [0.15, 0.2) is 0 Å². The lowest BCUT2D eigenvalue weighted by atomic mass is 9.76. The highest BCUT2D eigenvalue weighted by atomic mass is 16.5. The molecule has 1 N–H and O–H groups in total. The maximum atomic E-state index is 6.43. The average Bonchev–Trinajstić information content (AvgIpc) is 2.25. The van der Waals surface area contributed by atoms with E-state index in [1.54, 1.807) is 0 Å². The molecule has 2 aliphatic rings. The van der Waals surface area contributed by atoms with E-state index in [-0.39, 0.29) is 5.60 Å². The van der Waals surface area contributed by atoms with E-state index in [0.29, 0.717) is 6.10 Å². The standard InChI is InChI=1S/C14H27NO/c1-12-4-6-13(7-5-12)16-14(8-3-9-14)10-11-15-2/h12-13,15H,3-11H2,1-2H3. The first kappa shape index (κ1) is 12.4. The lowest BCUT2D eigenvalue weighted by molar-refractivity contribution is -0.153. The molecule has 0 unspecified atom stereocenters. The zero-order valence-electron chi connectivity index (χ0n) is 10.9. The van der Waals surface area contributed by atoms with Crippen molar-refractivity contribution in [3.8, 4) is 0 Å². The van der Waals surface area contributed by atoms with Crippen LogP contribution < -0.4 is 5.32 Å². The Balaban J connectivity index is 1.77. The number of hydrogen-bond donors (Lipinski definition) is 1.